The van der Waals surface area contributed by atoms with Crippen LogP contribution in [-0.4, -0.2) is 0 Å². The molecule has 0 saturated heterocycles. The molecule has 0 aliphatic carbocycles. The monoisotopic (exact) mass is 298 g/mol. The summed E-state index contributed by atoms with van der Waals surface area (Å²) < 4.78 is 40.9. The van der Waals surface area contributed by atoms with Gasteiger partial charge in [0.15, 0.2) is 0 Å². The third-order valence-corrected chi connectivity index (χ3v) is 3.51. The molecular formula is C19H13F3. The van der Waals surface area contributed by atoms with E-state index >= 15 is 0 Å². The molecule has 3 heteroatoms. The fraction of sp³-hybridized carbons (Fsp3) is 0.0526. The average molecular weight is 298 g/mol. The van der Waals surface area contributed by atoms with Crippen molar-refractivity contribution in [2.24, 2.45) is 0 Å². The number of hydrogen-bond acceptors (Lipinski definition) is 0. The van der Waals surface area contributed by atoms with Crippen LogP contribution in [0.25, 0.3) is 22.3 Å². The zero-order chi connectivity index (χ0) is 15.7. The maximum absolute atomic E-state index is 13.9. The highest BCUT2D eigenvalue weighted by Gasteiger charge is 2.14. The summed E-state index contributed by atoms with van der Waals surface area (Å²) in [6.45, 7) is 1.98. The number of aryl methyl sites for hydroxylation is 1. The molecule has 3 aromatic rings. The first kappa shape index (κ1) is 14.4. The molecule has 0 N–H and O–H groups in total. The Morgan fingerprint density at radius 1 is 0.636 bits per heavy atom. The van der Waals surface area contributed by atoms with Crippen molar-refractivity contribution in [3.63, 3.8) is 0 Å². The van der Waals surface area contributed by atoms with Gasteiger partial charge >= 0.3 is 0 Å². The summed E-state index contributed by atoms with van der Waals surface area (Å²) in [4.78, 5) is 0. The molecule has 0 heterocycles. The van der Waals surface area contributed by atoms with Gasteiger partial charge in [0.1, 0.15) is 17.5 Å². The first-order valence-corrected chi connectivity index (χ1v) is 6.86. The van der Waals surface area contributed by atoms with Gasteiger partial charge in [-0.1, -0.05) is 48.0 Å². The van der Waals surface area contributed by atoms with Crippen LogP contribution in [0, 0.1) is 24.4 Å². The van der Waals surface area contributed by atoms with Crippen LogP contribution in [0.3, 0.4) is 0 Å². The molecule has 0 aliphatic rings. The molecule has 0 unspecified atom stereocenters. The van der Waals surface area contributed by atoms with Gasteiger partial charge in [-0.25, -0.2) is 13.2 Å². The zero-order valence-electron chi connectivity index (χ0n) is 11.9. The first-order chi connectivity index (χ1) is 10.5. The minimum atomic E-state index is -0.923. The van der Waals surface area contributed by atoms with Crippen LogP contribution < -0.4 is 0 Å². The maximum atomic E-state index is 13.9. The van der Waals surface area contributed by atoms with Gasteiger partial charge in [0.05, 0.1) is 5.56 Å². The van der Waals surface area contributed by atoms with Crippen molar-refractivity contribution >= 4 is 0 Å². The Morgan fingerprint density at radius 3 is 1.82 bits per heavy atom. The minimum absolute atomic E-state index is 0.212. The SMILES string of the molecule is Cc1cccc(-c2cccc(-c3c(F)cc(F)cc3F)c2)c1. The second kappa shape index (κ2) is 5.68. The van der Waals surface area contributed by atoms with Crippen molar-refractivity contribution in [1.82, 2.24) is 0 Å². The zero-order valence-corrected chi connectivity index (χ0v) is 11.9. The topological polar surface area (TPSA) is 0 Å². The molecule has 0 aliphatic heterocycles. The van der Waals surface area contributed by atoms with Crippen LogP contribution in [0.2, 0.25) is 0 Å². The largest absolute Gasteiger partial charge is 0.207 e. The van der Waals surface area contributed by atoms with Crippen LogP contribution >= 0.6 is 0 Å². The molecule has 0 spiro atoms. The van der Waals surface area contributed by atoms with Crippen LogP contribution in [0.4, 0.5) is 13.2 Å². The standard InChI is InChI=1S/C19H13F3/c1-12-4-2-5-13(8-12)14-6-3-7-15(9-14)19-17(21)10-16(20)11-18(19)22/h2-11H,1H3. The van der Waals surface area contributed by atoms with Crippen molar-refractivity contribution in [3.8, 4) is 22.3 Å². The van der Waals surface area contributed by atoms with Gasteiger partial charge in [-0.3, -0.25) is 0 Å². The minimum Gasteiger partial charge on any atom is -0.207 e. The highest BCUT2D eigenvalue weighted by atomic mass is 19.1. The Bertz CT molecular complexity index is 815. The molecule has 0 bridgehead atoms. The van der Waals surface area contributed by atoms with E-state index in [2.05, 4.69) is 0 Å². The van der Waals surface area contributed by atoms with Crippen LogP contribution in [0.5, 0.6) is 0 Å². The van der Waals surface area contributed by atoms with Crippen molar-refractivity contribution < 1.29 is 13.2 Å². The highest BCUT2D eigenvalue weighted by Crippen LogP contribution is 2.30. The van der Waals surface area contributed by atoms with E-state index in [1.165, 1.54) is 0 Å². The van der Waals surface area contributed by atoms with Crippen molar-refractivity contribution in [1.29, 1.82) is 0 Å². The van der Waals surface area contributed by atoms with Gasteiger partial charge in [-0.05, 0) is 29.7 Å². The van der Waals surface area contributed by atoms with Gasteiger partial charge in [0.25, 0.3) is 0 Å². The van der Waals surface area contributed by atoms with E-state index in [0.717, 1.165) is 16.7 Å². The summed E-state index contributed by atoms with van der Waals surface area (Å²) in [5.74, 6) is -2.73. The quantitative estimate of drug-likeness (QED) is 0.565. The van der Waals surface area contributed by atoms with Crippen LogP contribution in [0.1, 0.15) is 5.56 Å². The van der Waals surface area contributed by atoms with E-state index in [4.69, 9.17) is 0 Å². The fourth-order valence-electron chi connectivity index (χ4n) is 2.50. The van der Waals surface area contributed by atoms with E-state index in [9.17, 15) is 13.2 Å². The second-order valence-electron chi connectivity index (χ2n) is 5.19. The van der Waals surface area contributed by atoms with Crippen LogP contribution in [0.15, 0.2) is 60.7 Å². The molecule has 0 aromatic heterocycles. The first-order valence-electron chi connectivity index (χ1n) is 6.86. The molecule has 0 amide bonds. The van der Waals surface area contributed by atoms with E-state index in [1.807, 2.05) is 37.3 Å². The van der Waals surface area contributed by atoms with E-state index in [0.29, 0.717) is 17.7 Å². The summed E-state index contributed by atoms with van der Waals surface area (Å²) >= 11 is 0. The summed E-state index contributed by atoms with van der Waals surface area (Å²) in [5, 5.41) is 0. The molecule has 3 rings (SSSR count). The van der Waals surface area contributed by atoms with Gasteiger partial charge < -0.3 is 0 Å². The summed E-state index contributed by atoms with van der Waals surface area (Å²) in [6, 6.07) is 16.1. The number of benzene rings is 3. The van der Waals surface area contributed by atoms with Crippen LogP contribution in [-0.2, 0) is 0 Å². The average Bonchev–Trinajstić information content (AvgIpc) is 2.46. The smallest absolute Gasteiger partial charge is 0.136 e. The summed E-state index contributed by atoms with van der Waals surface area (Å²) in [5.41, 5.74) is 3.08. The predicted molar refractivity (Wildman–Crippen MR) is 81.9 cm³/mol. The molecule has 22 heavy (non-hydrogen) atoms. The van der Waals surface area contributed by atoms with E-state index in [-0.39, 0.29) is 5.56 Å². The van der Waals surface area contributed by atoms with Gasteiger partial charge in [0, 0.05) is 12.1 Å². The van der Waals surface area contributed by atoms with Gasteiger partial charge in [-0.15, -0.1) is 0 Å². The Balaban J connectivity index is 2.13. The predicted octanol–water partition coefficient (Wildman–Crippen LogP) is 5.75. The number of rotatable bonds is 2. The lowest BCUT2D eigenvalue weighted by Gasteiger charge is -2.09. The third-order valence-electron chi connectivity index (χ3n) is 3.51. The fourth-order valence-corrected chi connectivity index (χ4v) is 2.50. The number of halogens is 3. The number of hydrogen-bond donors (Lipinski definition) is 0. The normalized spacial score (nSPS) is 10.7. The van der Waals surface area contributed by atoms with Crippen molar-refractivity contribution in [2.75, 3.05) is 0 Å². The van der Waals surface area contributed by atoms with E-state index in [1.54, 1.807) is 18.2 Å². The lowest BCUT2D eigenvalue weighted by molar-refractivity contribution is 0.548. The second-order valence-corrected chi connectivity index (χ2v) is 5.19. The van der Waals surface area contributed by atoms with Gasteiger partial charge in [0.2, 0.25) is 0 Å². The van der Waals surface area contributed by atoms with Gasteiger partial charge in [-0.2, -0.15) is 0 Å². The molecule has 0 nitrogen and oxygen atoms in total. The molecule has 0 atom stereocenters. The molecule has 0 saturated carbocycles. The maximum Gasteiger partial charge on any atom is 0.136 e. The molecular weight excluding hydrogens is 285 g/mol. The van der Waals surface area contributed by atoms with E-state index < -0.39 is 17.5 Å². The molecule has 0 radical (unpaired) electrons. The molecule has 0 fully saturated rings. The Kier molecular flexibility index (Phi) is 3.72. The summed E-state index contributed by atoms with van der Waals surface area (Å²) in [7, 11) is 0. The molecule has 3 aromatic carbocycles. The Morgan fingerprint density at radius 2 is 1.18 bits per heavy atom. The lowest BCUT2D eigenvalue weighted by atomic mass is 9.97. The Hall–Kier alpha value is -2.55. The highest BCUT2D eigenvalue weighted by molar-refractivity contribution is 5.73. The third kappa shape index (κ3) is 2.75. The Labute approximate surface area is 126 Å². The summed E-state index contributed by atoms with van der Waals surface area (Å²) in [6.07, 6.45) is 0. The van der Waals surface area contributed by atoms with Crippen molar-refractivity contribution in [2.45, 2.75) is 6.92 Å². The van der Waals surface area contributed by atoms with Crippen molar-refractivity contribution in [3.05, 3.63) is 83.7 Å². The molecule has 110 valence electrons. The lowest BCUT2D eigenvalue weighted by Crippen LogP contribution is -1.92.